The number of aryl methyl sites for hydroxylation is 1. The highest BCUT2D eigenvalue weighted by atomic mass is 32.2. The summed E-state index contributed by atoms with van der Waals surface area (Å²) in [5.74, 6) is 0.748. The van der Waals surface area contributed by atoms with Gasteiger partial charge in [0.25, 0.3) is 0 Å². The van der Waals surface area contributed by atoms with Crippen LogP contribution in [0.2, 0.25) is 0 Å². The summed E-state index contributed by atoms with van der Waals surface area (Å²) in [6.07, 6.45) is 4.77. The van der Waals surface area contributed by atoms with E-state index in [-0.39, 0.29) is 12.0 Å². The fraction of sp³-hybridized carbons (Fsp3) is 0.588. The SMILES string of the molecule is Cc1cc(-c2ccnn2C(C)C)nc([C@@H]2CCCN(S(C)(=O)=O)C2)n1. The van der Waals surface area contributed by atoms with Crippen molar-refractivity contribution in [1.29, 1.82) is 0 Å². The molecule has 0 radical (unpaired) electrons. The van der Waals surface area contributed by atoms with E-state index in [9.17, 15) is 8.42 Å². The third-order valence-corrected chi connectivity index (χ3v) is 5.78. The minimum absolute atomic E-state index is 0.0255. The Kier molecular flexibility index (Phi) is 4.92. The molecule has 0 aliphatic carbocycles. The molecule has 0 spiro atoms. The molecule has 1 saturated heterocycles. The Morgan fingerprint density at radius 3 is 2.72 bits per heavy atom. The summed E-state index contributed by atoms with van der Waals surface area (Å²) in [4.78, 5) is 9.36. The van der Waals surface area contributed by atoms with Gasteiger partial charge in [0.2, 0.25) is 10.0 Å². The quantitative estimate of drug-likeness (QED) is 0.833. The second-order valence-electron chi connectivity index (χ2n) is 6.97. The zero-order chi connectivity index (χ0) is 18.2. The number of hydrogen-bond donors (Lipinski definition) is 0. The minimum Gasteiger partial charge on any atom is -0.261 e. The molecule has 8 heteroatoms. The van der Waals surface area contributed by atoms with Crippen molar-refractivity contribution in [2.24, 2.45) is 0 Å². The third-order valence-electron chi connectivity index (χ3n) is 4.51. The van der Waals surface area contributed by atoms with Crippen molar-refractivity contribution in [3.63, 3.8) is 0 Å². The van der Waals surface area contributed by atoms with Crippen LogP contribution in [0.15, 0.2) is 18.3 Å². The Balaban J connectivity index is 1.96. The van der Waals surface area contributed by atoms with E-state index in [1.165, 1.54) is 10.6 Å². The van der Waals surface area contributed by atoms with Crippen LogP contribution >= 0.6 is 0 Å². The molecular formula is C17H25N5O2S. The Morgan fingerprint density at radius 2 is 2.04 bits per heavy atom. The second kappa shape index (κ2) is 6.84. The Labute approximate surface area is 149 Å². The second-order valence-corrected chi connectivity index (χ2v) is 8.95. The van der Waals surface area contributed by atoms with Crippen LogP contribution in [0, 0.1) is 6.92 Å². The minimum atomic E-state index is -3.18. The van der Waals surface area contributed by atoms with E-state index in [2.05, 4.69) is 23.9 Å². The van der Waals surface area contributed by atoms with Crippen LogP contribution in [0.4, 0.5) is 0 Å². The number of nitrogens with zero attached hydrogens (tertiary/aromatic N) is 5. The molecule has 0 aromatic carbocycles. The van der Waals surface area contributed by atoms with Gasteiger partial charge in [0.05, 0.1) is 17.6 Å². The summed E-state index contributed by atoms with van der Waals surface area (Å²) in [6, 6.07) is 4.14. The highest BCUT2D eigenvalue weighted by Crippen LogP contribution is 2.28. The maximum absolute atomic E-state index is 11.9. The summed E-state index contributed by atoms with van der Waals surface area (Å²) >= 11 is 0. The molecule has 1 fully saturated rings. The van der Waals surface area contributed by atoms with Crippen LogP contribution in [0.5, 0.6) is 0 Å². The van der Waals surface area contributed by atoms with Gasteiger partial charge in [0, 0.05) is 36.9 Å². The molecule has 1 aliphatic heterocycles. The smallest absolute Gasteiger partial charge is 0.211 e. The van der Waals surface area contributed by atoms with E-state index in [0.717, 1.165) is 35.7 Å². The van der Waals surface area contributed by atoms with Crippen molar-refractivity contribution < 1.29 is 8.42 Å². The van der Waals surface area contributed by atoms with Crippen LogP contribution in [-0.4, -0.2) is 51.8 Å². The Hall–Kier alpha value is -1.80. The highest BCUT2D eigenvalue weighted by Gasteiger charge is 2.29. The molecule has 3 rings (SSSR count). The van der Waals surface area contributed by atoms with Crippen molar-refractivity contribution in [1.82, 2.24) is 24.1 Å². The predicted octanol–water partition coefficient (Wildman–Crippen LogP) is 2.37. The van der Waals surface area contributed by atoms with Crippen LogP contribution in [0.25, 0.3) is 11.4 Å². The average molecular weight is 363 g/mol. The molecule has 7 nitrogen and oxygen atoms in total. The van der Waals surface area contributed by atoms with E-state index in [0.29, 0.717) is 13.1 Å². The van der Waals surface area contributed by atoms with Crippen LogP contribution < -0.4 is 0 Å². The molecule has 0 bridgehead atoms. The van der Waals surface area contributed by atoms with E-state index < -0.39 is 10.0 Å². The molecule has 0 N–H and O–H groups in total. The molecule has 0 amide bonds. The first kappa shape index (κ1) is 18.0. The average Bonchev–Trinajstić information content (AvgIpc) is 3.03. The Morgan fingerprint density at radius 1 is 1.28 bits per heavy atom. The van der Waals surface area contributed by atoms with Gasteiger partial charge in [-0.05, 0) is 45.7 Å². The zero-order valence-corrected chi connectivity index (χ0v) is 16.0. The first-order valence-electron chi connectivity index (χ1n) is 8.60. The van der Waals surface area contributed by atoms with Gasteiger partial charge in [-0.15, -0.1) is 0 Å². The molecular weight excluding hydrogens is 338 g/mol. The van der Waals surface area contributed by atoms with Crippen molar-refractivity contribution in [2.45, 2.75) is 45.6 Å². The van der Waals surface area contributed by atoms with Crippen molar-refractivity contribution in [3.8, 4) is 11.4 Å². The molecule has 0 unspecified atom stereocenters. The summed E-state index contributed by atoms with van der Waals surface area (Å²) < 4.78 is 27.2. The zero-order valence-electron chi connectivity index (χ0n) is 15.2. The molecule has 0 saturated carbocycles. The van der Waals surface area contributed by atoms with E-state index in [4.69, 9.17) is 4.98 Å². The third kappa shape index (κ3) is 3.90. The fourth-order valence-electron chi connectivity index (χ4n) is 3.29. The van der Waals surface area contributed by atoms with Crippen molar-refractivity contribution in [2.75, 3.05) is 19.3 Å². The standard InChI is InChI=1S/C17H25N5O2S/c1-12(2)22-16(7-8-18-22)15-10-13(3)19-17(20-15)14-6-5-9-21(11-14)25(4,23)24/h7-8,10,12,14H,5-6,9,11H2,1-4H3/t14-/m1/s1. The van der Waals surface area contributed by atoms with Gasteiger partial charge in [-0.2, -0.15) is 5.10 Å². The number of hydrogen-bond acceptors (Lipinski definition) is 5. The maximum atomic E-state index is 11.9. The van der Waals surface area contributed by atoms with Crippen molar-refractivity contribution >= 4 is 10.0 Å². The number of aromatic nitrogens is 4. The molecule has 2 aromatic heterocycles. The topological polar surface area (TPSA) is 81.0 Å². The first-order chi connectivity index (χ1) is 11.8. The van der Waals surface area contributed by atoms with Crippen LogP contribution in [-0.2, 0) is 10.0 Å². The lowest BCUT2D eigenvalue weighted by Crippen LogP contribution is -2.38. The monoisotopic (exact) mass is 363 g/mol. The number of sulfonamides is 1. The van der Waals surface area contributed by atoms with Gasteiger partial charge in [-0.1, -0.05) is 0 Å². The van der Waals surface area contributed by atoms with Crippen LogP contribution in [0.1, 0.15) is 50.2 Å². The maximum Gasteiger partial charge on any atom is 0.211 e. The fourth-order valence-corrected chi connectivity index (χ4v) is 4.20. The van der Waals surface area contributed by atoms with Gasteiger partial charge in [0.1, 0.15) is 5.82 Å². The predicted molar refractivity (Wildman–Crippen MR) is 96.8 cm³/mol. The number of piperidine rings is 1. The molecule has 1 aliphatic rings. The van der Waals surface area contributed by atoms with Crippen molar-refractivity contribution in [3.05, 3.63) is 29.8 Å². The normalized spacial score (nSPS) is 19.5. The van der Waals surface area contributed by atoms with Gasteiger partial charge in [0.15, 0.2) is 0 Å². The van der Waals surface area contributed by atoms with Gasteiger partial charge >= 0.3 is 0 Å². The molecule has 136 valence electrons. The first-order valence-corrected chi connectivity index (χ1v) is 10.4. The lowest BCUT2D eigenvalue weighted by molar-refractivity contribution is 0.311. The molecule has 1 atom stereocenters. The van der Waals surface area contributed by atoms with Gasteiger partial charge in [-0.3, -0.25) is 4.68 Å². The lowest BCUT2D eigenvalue weighted by Gasteiger charge is -2.30. The lowest BCUT2D eigenvalue weighted by atomic mass is 9.98. The summed E-state index contributed by atoms with van der Waals surface area (Å²) in [5.41, 5.74) is 2.68. The molecule has 25 heavy (non-hydrogen) atoms. The molecule has 3 heterocycles. The largest absolute Gasteiger partial charge is 0.261 e. The molecule has 2 aromatic rings. The van der Waals surface area contributed by atoms with E-state index >= 15 is 0 Å². The highest BCUT2D eigenvalue weighted by molar-refractivity contribution is 7.88. The van der Waals surface area contributed by atoms with E-state index in [1.54, 1.807) is 6.20 Å². The van der Waals surface area contributed by atoms with Gasteiger partial charge < -0.3 is 0 Å². The summed E-state index contributed by atoms with van der Waals surface area (Å²) in [5, 5.41) is 4.38. The number of rotatable bonds is 4. The summed E-state index contributed by atoms with van der Waals surface area (Å²) in [7, 11) is -3.18. The van der Waals surface area contributed by atoms with Gasteiger partial charge in [-0.25, -0.2) is 22.7 Å². The van der Waals surface area contributed by atoms with E-state index in [1.807, 2.05) is 23.7 Å². The Bertz CT molecular complexity index is 860. The van der Waals surface area contributed by atoms with Crippen LogP contribution in [0.3, 0.4) is 0 Å². The summed E-state index contributed by atoms with van der Waals surface area (Å²) in [6.45, 7) is 7.13.